The third-order valence-corrected chi connectivity index (χ3v) is 4.56. The summed E-state index contributed by atoms with van der Waals surface area (Å²) in [7, 11) is 0. The van der Waals surface area contributed by atoms with Crippen LogP contribution in [0.5, 0.6) is 0 Å². The maximum atomic E-state index is 12.4. The van der Waals surface area contributed by atoms with Gasteiger partial charge in [-0.1, -0.05) is 30.7 Å². The molecule has 4 rings (SSSR count). The number of benzene rings is 2. The van der Waals surface area contributed by atoms with Gasteiger partial charge in [-0.3, -0.25) is 4.79 Å². The molecule has 2 aromatic heterocycles. The van der Waals surface area contributed by atoms with E-state index in [0.717, 1.165) is 6.42 Å². The van der Waals surface area contributed by atoms with Gasteiger partial charge in [0.05, 0.1) is 10.6 Å². The number of nitrogens with zero attached hydrogens (tertiary/aromatic N) is 2. The number of hydrogen-bond donors (Lipinski definition) is 1. The highest BCUT2D eigenvalue weighted by molar-refractivity contribution is 6.33. The fraction of sp³-hybridized carbons (Fsp3) is 0.0952. The zero-order chi connectivity index (χ0) is 18.8. The quantitative estimate of drug-likeness (QED) is 0.520. The van der Waals surface area contributed by atoms with Crippen LogP contribution in [-0.4, -0.2) is 15.9 Å². The Hall–Kier alpha value is -3.18. The van der Waals surface area contributed by atoms with Crippen LogP contribution in [0.3, 0.4) is 0 Å². The number of amides is 1. The average Bonchev–Trinajstić information content (AvgIpc) is 3.12. The standard InChI is InChI=1S/C21H16ClN3O2/c1-2-13-5-7-14(8-6-13)20(26)24-15-9-10-16(17(22)12-15)21-25-19-18(27-21)4-3-11-23-19/h3-12H,2H2,1H3,(H,24,26). The number of anilines is 1. The molecule has 0 saturated carbocycles. The normalized spacial score (nSPS) is 10.9. The Labute approximate surface area is 161 Å². The van der Waals surface area contributed by atoms with Crippen LogP contribution < -0.4 is 5.32 Å². The number of aromatic nitrogens is 2. The average molecular weight is 378 g/mol. The summed E-state index contributed by atoms with van der Waals surface area (Å²) in [6, 6.07) is 16.3. The molecular weight excluding hydrogens is 362 g/mol. The van der Waals surface area contributed by atoms with Crippen molar-refractivity contribution in [1.29, 1.82) is 0 Å². The van der Waals surface area contributed by atoms with E-state index in [-0.39, 0.29) is 5.91 Å². The van der Waals surface area contributed by atoms with Gasteiger partial charge in [-0.05, 0) is 54.4 Å². The molecule has 0 saturated heterocycles. The Balaban J connectivity index is 1.56. The minimum Gasteiger partial charge on any atom is -0.434 e. The lowest BCUT2D eigenvalue weighted by atomic mass is 10.1. The molecule has 0 atom stereocenters. The van der Waals surface area contributed by atoms with Crippen molar-refractivity contribution in [3.8, 4) is 11.5 Å². The molecule has 0 aliphatic carbocycles. The molecule has 27 heavy (non-hydrogen) atoms. The number of fused-ring (bicyclic) bond motifs is 1. The van der Waals surface area contributed by atoms with Gasteiger partial charge >= 0.3 is 0 Å². The minimum atomic E-state index is -0.187. The first-order valence-electron chi connectivity index (χ1n) is 8.56. The number of carbonyl (C=O) groups is 1. The molecule has 5 nitrogen and oxygen atoms in total. The molecule has 6 heteroatoms. The second-order valence-electron chi connectivity index (χ2n) is 6.04. The van der Waals surface area contributed by atoms with Crippen molar-refractivity contribution in [3.63, 3.8) is 0 Å². The van der Waals surface area contributed by atoms with Crippen LogP contribution in [0.4, 0.5) is 5.69 Å². The van der Waals surface area contributed by atoms with Crippen molar-refractivity contribution < 1.29 is 9.21 Å². The minimum absolute atomic E-state index is 0.187. The van der Waals surface area contributed by atoms with E-state index in [4.69, 9.17) is 16.0 Å². The van der Waals surface area contributed by atoms with Crippen LogP contribution in [0.1, 0.15) is 22.8 Å². The first-order valence-corrected chi connectivity index (χ1v) is 8.93. The predicted octanol–water partition coefficient (Wildman–Crippen LogP) is 5.36. The number of pyridine rings is 1. The Morgan fingerprint density at radius 2 is 1.96 bits per heavy atom. The second kappa shape index (κ2) is 7.21. The zero-order valence-electron chi connectivity index (χ0n) is 14.6. The van der Waals surface area contributed by atoms with E-state index in [0.29, 0.717) is 39.0 Å². The monoisotopic (exact) mass is 377 g/mol. The van der Waals surface area contributed by atoms with Crippen LogP contribution in [0, 0.1) is 0 Å². The van der Waals surface area contributed by atoms with Crippen molar-refractivity contribution in [2.45, 2.75) is 13.3 Å². The fourth-order valence-electron chi connectivity index (χ4n) is 2.75. The summed E-state index contributed by atoms with van der Waals surface area (Å²) in [5.74, 6) is 0.203. The van der Waals surface area contributed by atoms with Gasteiger partial charge < -0.3 is 9.73 Å². The van der Waals surface area contributed by atoms with Crippen molar-refractivity contribution in [2.24, 2.45) is 0 Å². The number of nitrogens with one attached hydrogen (secondary N) is 1. The molecule has 134 valence electrons. The van der Waals surface area contributed by atoms with E-state index in [2.05, 4.69) is 22.2 Å². The molecule has 0 fully saturated rings. The van der Waals surface area contributed by atoms with Crippen LogP contribution in [-0.2, 0) is 6.42 Å². The highest BCUT2D eigenvalue weighted by atomic mass is 35.5. The molecule has 2 aromatic carbocycles. The van der Waals surface area contributed by atoms with Crippen molar-refractivity contribution >= 4 is 34.4 Å². The molecule has 2 heterocycles. The fourth-order valence-corrected chi connectivity index (χ4v) is 3.01. The number of halogens is 1. The maximum Gasteiger partial charge on any atom is 0.255 e. The van der Waals surface area contributed by atoms with E-state index in [1.165, 1.54) is 5.56 Å². The lowest BCUT2D eigenvalue weighted by Gasteiger charge is -2.08. The van der Waals surface area contributed by atoms with E-state index in [1.54, 1.807) is 36.5 Å². The number of carbonyl (C=O) groups excluding carboxylic acids is 1. The van der Waals surface area contributed by atoms with Crippen LogP contribution >= 0.6 is 11.6 Å². The number of hydrogen-bond acceptors (Lipinski definition) is 4. The zero-order valence-corrected chi connectivity index (χ0v) is 15.3. The smallest absolute Gasteiger partial charge is 0.255 e. The summed E-state index contributed by atoms with van der Waals surface area (Å²) >= 11 is 6.39. The molecule has 1 N–H and O–H groups in total. The van der Waals surface area contributed by atoms with Crippen LogP contribution in [0.2, 0.25) is 5.02 Å². The first kappa shape index (κ1) is 17.2. The van der Waals surface area contributed by atoms with Gasteiger partial charge in [-0.15, -0.1) is 0 Å². The highest BCUT2D eigenvalue weighted by Crippen LogP contribution is 2.31. The summed E-state index contributed by atoms with van der Waals surface area (Å²) in [6.45, 7) is 2.07. The largest absolute Gasteiger partial charge is 0.434 e. The molecule has 0 bridgehead atoms. The van der Waals surface area contributed by atoms with Crippen molar-refractivity contribution in [2.75, 3.05) is 5.32 Å². The third-order valence-electron chi connectivity index (χ3n) is 4.25. The Kier molecular flexibility index (Phi) is 4.60. The Morgan fingerprint density at radius 3 is 2.67 bits per heavy atom. The molecule has 4 aromatic rings. The van der Waals surface area contributed by atoms with E-state index >= 15 is 0 Å². The third kappa shape index (κ3) is 3.55. The van der Waals surface area contributed by atoms with Gasteiger partial charge in [0.15, 0.2) is 11.2 Å². The van der Waals surface area contributed by atoms with Crippen LogP contribution in [0.25, 0.3) is 22.7 Å². The predicted molar refractivity (Wildman–Crippen MR) is 106 cm³/mol. The lowest BCUT2D eigenvalue weighted by Crippen LogP contribution is -2.11. The van der Waals surface area contributed by atoms with E-state index in [1.807, 2.05) is 24.3 Å². The van der Waals surface area contributed by atoms with Gasteiger partial charge in [0.2, 0.25) is 5.89 Å². The topological polar surface area (TPSA) is 68.0 Å². The summed E-state index contributed by atoms with van der Waals surface area (Å²) in [5, 5.41) is 3.29. The van der Waals surface area contributed by atoms with E-state index in [9.17, 15) is 4.79 Å². The maximum absolute atomic E-state index is 12.4. The number of rotatable bonds is 4. The number of oxazole rings is 1. The summed E-state index contributed by atoms with van der Waals surface area (Å²) < 4.78 is 5.70. The Bertz CT molecular complexity index is 1090. The summed E-state index contributed by atoms with van der Waals surface area (Å²) in [4.78, 5) is 20.9. The van der Waals surface area contributed by atoms with Gasteiger partial charge in [-0.2, -0.15) is 4.98 Å². The molecule has 0 unspecified atom stereocenters. The lowest BCUT2D eigenvalue weighted by molar-refractivity contribution is 0.102. The van der Waals surface area contributed by atoms with Gasteiger partial charge in [0.25, 0.3) is 5.91 Å². The SMILES string of the molecule is CCc1ccc(C(=O)Nc2ccc(-c3nc4ncccc4o3)c(Cl)c2)cc1. The highest BCUT2D eigenvalue weighted by Gasteiger charge is 2.14. The summed E-state index contributed by atoms with van der Waals surface area (Å²) in [5.41, 5.74) is 4.14. The van der Waals surface area contributed by atoms with Gasteiger partial charge in [0.1, 0.15) is 0 Å². The summed E-state index contributed by atoms with van der Waals surface area (Å²) in [6.07, 6.45) is 2.59. The first-order chi connectivity index (χ1) is 13.1. The van der Waals surface area contributed by atoms with Crippen LogP contribution in [0.15, 0.2) is 65.2 Å². The molecule has 0 radical (unpaired) electrons. The van der Waals surface area contributed by atoms with E-state index < -0.39 is 0 Å². The van der Waals surface area contributed by atoms with Gasteiger partial charge in [-0.25, -0.2) is 4.98 Å². The van der Waals surface area contributed by atoms with Crippen molar-refractivity contribution in [1.82, 2.24) is 9.97 Å². The molecule has 1 amide bonds. The van der Waals surface area contributed by atoms with Crippen molar-refractivity contribution in [3.05, 3.63) is 76.9 Å². The number of aryl methyl sites for hydroxylation is 1. The molecule has 0 aliphatic rings. The molecule has 0 aliphatic heterocycles. The van der Waals surface area contributed by atoms with Gasteiger partial charge in [0, 0.05) is 17.4 Å². The second-order valence-corrected chi connectivity index (χ2v) is 6.45. The molecular formula is C21H16ClN3O2. The Morgan fingerprint density at radius 1 is 1.15 bits per heavy atom. The molecule has 0 spiro atoms.